The van der Waals surface area contributed by atoms with Gasteiger partial charge in [0.15, 0.2) is 6.61 Å². The highest BCUT2D eigenvalue weighted by molar-refractivity contribution is 7.92. The number of benzene rings is 3. The Morgan fingerprint density at radius 2 is 1.69 bits per heavy atom. The first-order chi connectivity index (χ1) is 17.1. The van der Waals surface area contributed by atoms with Crippen LogP contribution < -0.4 is 14.4 Å². The van der Waals surface area contributed by atoms with Crippen LogP contribution in [0.4, 0.5) is 5.69 Å². The molecule has 1 amide bonds. The molecule has 190 valence electrons. The maximum Gasteiger partial charge on any atom is 0.264 e. The van der Waals surface area contributed by atoms with Gasteiger partial charge < -0.3 is 10.1 Å². The van der Waals surface area contributed by atoms with Crippen LogP contribution in [0.25, 0.3) is 0 Å². The van der Waals surface area contributed by atoms with Crippen molar-refractivity contribution >= 4 is 21.6 Å². The van der Waals surface area contributed by atoms with Gasteiger partial charge in [-0.2, -0.15) is 0 Å². The first kappa shape index (κ1) is 25.8. The summed E-state index contributed by atoms with van der Waals surface area (Å²) in [5.41, 5.74) is 7.07. The summed E-state index contributed by atoms with van der Waals surface area (Å²) in [5, 5.41) is 2.99. The van der Waals surface area contributed by atoms with Crippen LogP contribution in [0.15, 0.2) is 59.5 Å². The van der Waals surface area contributed by atoms with Gasteiger partial charge in [0.05, 0.1) is 16.6 Å². The Balaban J connectivity index is 1.43. The predicted octanol–water partition coefficient (Wildman–Crippen LogP) is 5.32. The molecule has 1 aliphatic heterocycles. The normalized spacial score (nSPS) is 14.2. The van der Waals surface area contributed by atoms with Crippen LogP contribution in [-0.2, 0) is 21.2 Å². The van der Waals surface area contributed by atoms with E-state index < -0.39 is 10.0 Å². The van der Waals surface area contributed by atoms with Crippen molar-refractivity contribution in [3.8, 4) is 5.75 Å². The summed E-state index contributed by atoms with van der Waals surface area (Å²) in [6.07, 6.45) is 1.66. The lowest BCUT2D eigenvalue weighted by molar-refractivity contribution is -0.123. The van der Waals surface area contributed by atoms with E-state index in [4.69, 9.17) is 4.74 Å². The zero-order valence-corrected chi connectivity index (χ0v) is 22.4. The van der Waals surface area contributed by atoms with Crippen molar-refractivity contribution in [1.82, 2.24) is 5.32 Å². The minimum Gasteiger partial charge on any atom is -0.484 e. The number of sulfonamides is 1. The molecule has 0 saturated heterocycles. The number of ether oxygens (including phenoxy) is 1. The van der Waals surface area contributed by atoms with Crippen LogP contribution >= 0.6 is 0 Å². The molecule has 1 N–H and O–H groups in total. The summed E-state index contributed by atoms with van der Waals surface area (Å²) in [5.74, 6) is 0.249. The van der Waals surface area contributed by atoms with Crippen LogP contribution in [0.1, 0.15) is 52.8 Å². The number of carbonyl (C=O) groups is 1. The van der Waals surface area contributed by atoms with Crippen molar-refractivity contribution in [1.29, 1.82) is 0 Å². The average Bonchev–Trinajstić information content (AvgIpc) is 2.85. The molecule has 0 aromatic heterocycles. The zero-order chi connectivity index (χ0) is 26.0. The number of nitrogens with zero attached hydrogens (tertiary/aromatic N) is 1. The molecule has 7 heteroatoms. The molecule has 0 fully saturated rings. The Hall–Kier alpha value is -3.32. The number of carbonyl (C=O) groups excluding carboxylic acids is 1. The molecule has 1 heterocycles. The third-order valence-corrected chi connectivity index (χ3v) is 8.70. The lowest BCUT2D eigenvalue weighted by Gasteiger charge is -2.30. The van der Waals surface area contributed by atoms with Gasteiger partial charge in [-0.3, -0.25) is 9.10 Å². The molecule has 6 nitrogen and oxygen atoms in total. The minimum absolute atomic E-state index is 0.151. The molecule has 1 atom stereocenters. The Bertz CT molecular complexity index is 1400. The Morgan fingerprint density at radius 1 is 0.972 bits per heavy atom. The van der Waals surface area contributed by atoms with Gasteiger partial charge in [-0.05, 0) is 105 Å². The number of hydrogen-bond acceptors (Lipinski definition) is 4. The van der Waals surface area contributed by atoms with E-state index in [1.54, 1.807) is 25.1 Å². The third-order valence-electron chi connectivity index (χ3n) is 6.89. The number of hydrogen-bond donors (Lipinski definition) is 1. The lowest BCUT2D eigenvalue weighted by atomic mass is 9.96. The number of fused-ring (bicyclic) bond motifs is 1. The molecule has 1 aliphatic rings. The Kier molecular flexibility index (Phi) is 7.41. The van der Waals surface area contributed by atoms with E-state index in [2.05, 4.69) is 31.3 Å². The monoisotopic (exact) mass is 506 g/mol. The first-order valence-corrected chi connectivity index (χ1v) is 13.7. The average molecular weight is 507 g/mol. The van der Waals surface area contributed by atoms with Crippen molar-refractivity contribution in [2.24, 2.45) is 0 Å². The summed E-state index contributed by atoms with van der Waals surface area (Å²) in [7, 11) is -3.70. The molecule has 3 aromatic carbocycles. The van der Waals surface area contributed by atoms with Gasteiger partial charge in [-0.1, -0.05) is 30.3 Å². The lowest BCUT2D eigenvalue weighted by Crippen LogP contribution is -2.35. The van der Waals surface area contributed by atoms with Crippen molar-refractivity contribution in [3.63, 3.8) is 0 Å². The third kappa shape index (κ3) is 5.26. The fourth-order valence-corrected chi connectivity index (χ4v) is 6.40. The van der Waals surface area contributed by atoms with E-state index in [0.29, 0.717) is 17.9 Å². The standard InChI is InChI=1S/C29H34N2O4S/c1-19-15-21(3)26(17-20(19)2)23(5)30-29(32)18-35-28-13-12-25(16-22(28)4)36(33,34)31-14-8-10-24-9-6-7-11-27(24)31/h6-7,9,11-13,15-17,23H,8,10,14,18H2,1-5H3,(H,30,32)/t23-/m1/s1. The molecular weight excluding hydrogens is 472 g/mol. The second kappa shape index (κ2) is 10.3. The van der Waals surface area contributed by atoms with Gasteiger partial charge in [0.1, 0.15) is 5.75 Å². The minimum atomic E-state index is -3.70. The zero-order valence-electron chi connectivity index (χ0n) is 21.6. The van der Waals surface area contributed by atoms with Crippen LogP contribution in [0, 0.1) is 27.7 Å². The number of para-hydroxylation sites is 1. The van der Waals surface area contributed by atoms with E-state index in [-0.39, 0.29) is 23.5 Å². The highest BCUT2D eigenvalue weighted by atomic mass is 32.2. The summed E-state index contributed by atoms with van der Waals surface area (Å²) in [4.78, 5) is 12.8. The van der Waals surface area contributed by atoms with Gasteiger partial charge in [-0.25, -0.2) is 8.42 Å². The van der Waals surface area contributed by atoms with Gasteiger partial charge in [0, 0.05) is 6.54 Å². The van der Waals surface area contributed by atoms with Gasteiger partial charge in [-0.15, -0.1) is 0 Å². The van der Waals surface area contributed by atoms with Crippen molar-refractivity contribution in [3.05, 3.63) is 88.0 Å². The number of rotatable bonds is 7. The topological polar surface area (TPSA) is 75.7 Å². The fourth-order valence-electron chi connectivity index (χ4n) is 4.77. The molecule has 0 saturated carbocycles. The van der Waals surface area contributed by atoms with Crippen molar-refractivity contribution < 1.29 is 17.9 Å². The number of nitrogens with one attached hydrogen (secondary N) is 1. The molecule has 0 bridgehead atoms. The highest BCUT2D eigenvalue weighted by Crippen LogP contribution is 2.33. The second-order valence-corrected chi connectivity index (χ2v) is 11.5. The molecule has 0 unspecified atom stereocenters. The van der Waals surface area contributed by atoms with E-state index >= 15 is 0 Å². The fraction of sp³-hybridized carbons (Fsp3) is 0.345. The van der Waals surface area contributed by atoms with Crippen molar-refractivity contribution in [2.45, 2.75) is 58.4 Å². The molecule has 3 aromatic rings. The van der Waals surface area contributed by atoms with E-state index in [1.165, 1.54) is 15.4 Å². The quantitative estimate of drug-likeness (QED) is 0.471. The summed E-state index contributed by atoms with van der Waals surface area (Å²) in [6, 6.07) is 16.5. The Labute approximate surface area is 214 Å². The maximum absolute atomic E-state index is 13.4. The maximum atomic E-state index is 13.4. The Morgan fingerprint density at radius 3 is 2.44 bits per heavy atom. The molecule has 0 aliphatic carbocycles. The van der Waals surface area contributed by atoms with Crippen LogP contribution in [0.5, 0.6) is 5.75 Å². The van der Waals surface area contributed by atoms with E-state index in [9.17, 15) is 13.2 Å². The summed E-state index contributed by atoms with van der Waals surface area (Å²) in [6.45, 7) is 10.2. The van der Waals surface area contributed by atoms with Gasteiger partial charge >= 0.3 is 0 Å². The van der Waals surface area contributed by atoms with Crippen LogP contribution in [0.2, 0.25) is 0 Å². The SMILES string of the molecule is Cc1cc(C)c([C@@H](C)NC(=O)COc2ccc(S(=O)(=O)N3CCCc4ccccc43)cc2C)cc1C. The predicted molar refractivity (Wildman–Crippen MR) is 143 cm³/mol. The van der Waals surface area contributed by atoms with Crippen molar-refractivity contribution in [2.75, 3.05) is 17.5 Å². The van der Waals surface area contributed by atoms with Gasteiger partial charge in [0.25, 0.3) is 15.9 Å². The smallest absolute Gasteiger partial charge is 0.264 e. The highest BCUT2D eigenvalue weighted by Gasteiger charge is 2.29. The molecule has 4 rings (SSSR count). The summed E-state index contributed by atoms with van der Waals surface area (Å²) < 4.78 is 34.1. The van der Waals surface area contributed by atoms with Crippen LogP contribution in [0.3, 0.4) is 0 Å². The molecular formula is C29H34N2O4S. The first-order valence-electron chi connectivity index (χ1n) is 12.3. The van der Waals surface area contributed by atoms with Crippen LogP contribution in [-0.4, -0.2) is 27.5 Å². The van der Waals surface area contributed by atoms with E-state index in [1.807, 2.05) is 38.1 Å². The van der Waals surface area contributed by atoms with Gasteiger partial charge in [0.2, 0.25) is 0 Å². The molecule has 36 heavy (non-hydrogen) atoms. The molecule has 0 spiro atoms. The summed E-state index contributed by atoms with van der Waals surface area (Å²) >= 11 is 0. The number of anilines is 1. The van der Waals surface area contributed by atoms with E-state index in [0.717, 1.165) is 35.2 Å². The largest absolute Gasteiger partial charge is 0.484 e. The second-order valence-electron chi connectivity index (χ2n) is 9.61. The number of amides is 1. The molecule has 0 radical (unpaired) electrons. The number of aryl methyl sites for hydroxylation is 5.